The molecule has 0 radical (unpaired) electrons. The lowest BCUT2D eigenvalue weighted by Gasteiger charge is -2.39. The number of aliphatic hydroxyl groups excluding tert-OH is 1. The van der Waals surface area contributed by atoms with Crippen LogP contribution in [0, 0.1) is 0 Å². The maximum Gasteiger partial charge on any atom is 0.416 e. The van der Waals surface area contributed by atoms with Crippen LogP contribution in [0.4, 0.5) is 13.2 Å². The lowest BCUT2D eigenvalue weighted by Crippen LogP contribution is -2.49. The Hall–Kier alpha value is -1.56. The average Bonchev–Trinajstić information content (AvgIpc) is 2.47. The van der Waals surface area contributed by atoms with Gasteiger partial charge in [-0.1, -0.05) is 25.0 Å². The zero-order valence-electron chi connectivity index (χ0n) is 12.3. The molecule has 1 fully saturated rings. The van der Waals surface area contributed by atoms with Crippen molar-refractivity contribution in [2.24, 2.45) is 0 Å². The molecule has 2 rings (SSSR count). The van der Waals surface area contributed by atoms with Crippen molar-refractivity contribution in [3.8, 4) is 0 Å². The Morgan fingerprint density at radius 2 is 1.95 bits per heavy atom. The van der Waals surface area contributed by atoms with Crippen LogP contribution in [0.5, 0.6) is 0 Å². The molecule has 0 spiro atoms. The molecule has 6 heteroatoms. The Morgan fingerprint density at radius 3 is 2.45 bits per heavy atom. The summed E-state index contributed by atoms with van der Waals surface area (Å²) in [5, 5.41) is 10.4. The Morgan fingerprint density at radius 1 is 1.32 bits per heavy atom. The van der Waals surface area contributed by atoms with Crippen molar-refractivity contribution < 1.29 is 27.8 Å². The number of halogens is 3. The van der Waals surface area contributed by atoms with Gasteiger partial charge in [-0.25, -0.2) is 0 Å². The Balaban J connectivity index is 2.43. The SMILES string of the molecule is CCOC(=O)C1(c2ccc(C(F)(F)F)cc2)CCCCC1O. The number of esters is 1. The van der Waals surface area contributed by atoms with E-state index in [1.54, 1.807) is 6.92 Å². The lowest BCUT2D eigenvalue weighted by molar-refractivity contribution is -0.157. The molecule has 1 saturated carbocycles. The molecule has 2 unspecified atom stereocenters. The van der Waals surface area contributed by atoms with E-state index in [0.717, 1.165) is 25.0 Å². The van der Waals surface area contributed by atoms with Crippen molar-refractivity contribution in [2.45, 2.75) is 50.3 Å². The Labute approximate surface area is 127 Å². The summed E-state index contributed by atoms with van der Waals surface area (Å²) < 4.78 is 43.1. The highest BCUT2D eigenvalue weighted by Gasteiger charge is 2.49. The third-order valence-corrected chi connectivity index (χ3v) is 4.23. The highest BCUT2D eigenvalue weighted by atomic mass is 19.4. The number of rotatable bonds is 3. The number of hydrogen-bond donors (Lipinski definition) is 1. The van der Waals surface area contributed by atoms with Crippen LogP contribution in [0.15, 0.2) is 24.3 Å². The minimum atomic E-state index is -4.43. The van der Waals surface area contributed by atoms with E-state index in [2.05, 4.69) is 0 Å². The fourth-order valence-corrected chi connectivity index (χ4v) is 3.06. The van der Waals surface area contributed by atoms with Gasteiger partial charge in [0.25, 0.3) is 0 Å². The molecule has 0 bridgehead atoms. The minimum absolute atomic E-state index is 0.161. The van der Waals surface area contributed by atoms with Gasteiger partial charge in [-0.2, -0.15) is 13.2 Å². The first-order chi connectivity index (χ1) is 10.3. The molecule has 0 heterocycles. The van der Waals surface area contributed by atoms with Crippen LogP contribution >= 0.6 is 0 Å². The second-order valence-corrected chi connectivity index (χ2v) is 5.53. The summed E-state index contributed by atoms with van der Waals surface area (Å²) in [6.07, 6.45) is -3.07. The third kappa shape index (κ3) is 2.97. The minimum Gasteiger partial charge on any atom is -0.465 e. The summed E-state index contributed by atoms with van der Waals surface area (Å²) >= 11 is 0. The number of alkyl halides is 3. The first-order valence-corrected chi connectivity index (χ1v) is 7.35. The van der Waals surface area contributed by atoms with E-state index in [-0.39, 0.29) is 6.61 Å². The molecule has 2 atom stereocenters. The molecular weight excluding hydrogens is 297 g/mol. The number of carbonyl (C=O) groups is 1. The van der Waals surface area contributed by atoms with E-state index in [4.69, 9.17) is 4.74 Å². The largest absolute Gasteiger partial charge is 0.465 e. The molecule has 1 aromatic rings. The fraction of sp³-hybridized carbons (Fsp3) is 0.562. The lowest BCUT2D eigenvalue weighted by atomic mass is 9.67. The monoisotopic (exact) mass is 316 g/mol. The topological polar surface area (TPSA) is 46.5 Å². The number of ether oxygens (including phenoxy) is 1. The molecule has 122 valence electrons. The Kier molecular flexibility index (Phi) is 4.80. The van der Waals surface area contributed by atoms with Crippen molar-refractivity contribution in [2.75, 3.05) is 6.61 Å². The molecule has 0 aliphatic heterocycles. The normalized spacial score (nSPS) is 25.8. The number of hydrogen-bond acceptors (Lipinski definition) is 3. The van der Waals surface area contributed by atoms with Gasteiger partial charge in [-0.3, -0.25) is 4.79 Å². The summed E-state index contributed by atoms with van der Waals surface area (Å²) in [7, 11) is 0. The Bertz CT molecular complexity index is 524. The van der Waals surface area contributed by atoms with Gasteiger partial charge < -0.3 is 9.84 Å². The summed E-state index contributed by atoms with van der Waals surface area (Å²) in [5.74, 6) is -0.568. The smallest absolute Gasteiger partial charge is 0.416 e. The van der Waals surface area contributed by atoms with Crippen molar-refractivity contribution >= 4 is 5.97 Å². The molecule has 0 saturated heterocycles. The van der Waals surface area contributed by atoms with Gasteiger partial charge in [0.1, 0.15) is 5.41 Å². The highest BCUT2D eigenvalue weighted by molar-refractivity contribution is 5.84. The quantitative estimate of drug-likeness (QED) is 0.869. The zero-order valence-corrected chi connectivity index (χ0v) is 12.3. The van der Waals surface area contributed by atoms with Crippen LogP contribution in [0.3, 0.4) is 0 Å². The first-order valence-electron chi connectivity index (χ1n) is 7.35. The molecular formula is C16H19F3O3. The maximum atomic E-state index is 12.7. The van der Waals surface area contributed by atoms with Gasteiger partial charge in [0.05, 0.1) is 18.3 Å². The van der Waals surface area contributed by atoms with Gasteiger partial charge in [0.2, 0.25) is 0 Å². The van der Waals surface area contributed by atoms with Crippen LogP contribution in [0.2, 0.25) is 0 Å². The molecule has 22 heavy (non-hydrogen) atoms. The van der Waals surface area contributed by atoms with Gasteiger partial charge >= 0.3 is 12.1 Å². The first kappa shape index (κ1) is 16.8. The predicted molar refractivity (Wildman–Crippen MR) is 74.2 cm³/mol. The third-order valence-electron chi connectivity index (χ3n) is 4.23. The van der Waals surface area contributed by atoms with Crippen LogP contribution in [0.25, 0.3) is 0 Å². The summed E-state index contributed by atoms with van der Waals surface area (Å²) in [6.45, 7) is 1.82. The summed E-state index contributed by atoms with van der Waals surface area (Å²) in [4.78, 5) is 12.4. The second-order valence-electron chi connectivity index (χ2n) is 5.53. The van der Waals surface area contributed by atoms with E-state index in [0.29, 0.717) is 18.4 Å². The van der Waals surface area contributed by atoms with Crippen molar-refractivity contribution in [1.29, 1.82) is 0 Å². The molecule has 3 nitrogen and oxygen atoms in total. The van der Waals surface area contributed by atoms with Gasteiger partial charge in [0, 0.05) is 0 Å². The van der Waals surface area contributed by atoms with Crippen molar-refractivity contribution in [1.82, 2.24) is 0 Å². The highest BCUT2D eigenvalue weighted by Crippen LogP contribution is 2.41. The number of carbonyl (C=O) groups excluding carboxylic acids is 1. The van der Waals surface area contributed by atoms with Crippen molar-refractivity contribution in [3.05, 3.63) is 35.4 Å². The van der Waals surface area contributed by atoms with E-state index >= 15 is 0 Å². The van der Waals surface area contributed by atoms with E-state index in [9.17, 15) is 23.1 Å². The molecule has 0 aromatic heterocycles. The van der Waals surface area contributed by atoms with Crippen LogP contribution in [-0.4, -0.2) is 23.8 Å². The van der Waals surface area contributed by atoms with Crippen molar-refractivity contribution in [3.63, 3.8) is 0 Å². The molecule has 0 amide bonds. The molecule has 1 aliphatic carbocycles. The van der Waals surface area contributed by atoms with Crippen LogP contribution in [0.1, 0.15) is 43.7 Å². The van der Waals surface area contributed by atoms with Gasteiger partial charge in [0.15, 0.2) is 0 Å². The molecule has 1 N–H and O–H groups in total. The molecule has 1 aromatic carbocycles. The van der Waals surface area contributed by atoms with E-state index < -0.39 is 29.2 Å². The standard InChI is InChI=1S/C16H19F3O3/c1-2-22-14(21)15(10-4-3-5-13(15)20)11-6-8-12(9-7-11)16(17,18)19/h6-9,13,20H,2-5,10H2,1H3. The fourth-order valence-electron chi connectivity index (χ4n) is 3.06. The zero-order chi connectivity index (χ0) is 16.4. The van der Waals surface area contributed by atoms with Crippen LogP contribution in [-0.2, 0) is 21.1 Å². The van der Waals surface area contributed by atoms with Crippen LogP contribution < -0.4 is 0 Å². The summed E-state index contributed by atoms with van der Waals surface area (Å²) in [6, 6.07) is 4.43. The van der Waals surface area contributed by atoms with Gasteiger partial charge in [-0.05, 0) is 37.5 Å². The van der Waals surface area contributed by atoms with E-state index in [1.165, 1.54) is 12.1 Å². The number of aliphatic hydroxyl groups is 1. The maximum absolute atomic E-state index is 12.7. The summed E-state index contributed by atoms with van der Waals surface area (Å²) in [5.41, 5.74) is -1.66. The number of benzene rings is 1. The predicted octanol–water partition coefficient (Wildman–Crippen LogP) is 3.44. The van der Waals surface area contributed by atoms with E-state index in [1.807, 2.05) is 0 Å². The second kappa shape index (κ2) is 6.28. The van der Waals surface area contributed by atoms with Gasteiger partial charge in [-0.15, -0.1) is 0 Å². The average molecular weight is 316 g/mol. The molecule has 1 aliphatic rings.